The summed E-state index contributed by atoms with van der Waals surface area (Å²) in [5.41, 5.74) is 14.0. The third kappa shape index (κ3) is 2.72. The van der Waals surface area contributed by atoms with Crippen LogP contribution in [0, 0.1) is 0 Å². The second-order valence-corrected chi connectivity index (χ2v) is 5.05. The number of nitrogens with two attached hydrogens (primary N) is 3. The van der Waals surface area contributed by atoms with E-state index in [4.69, 9.17) is 17.3 Å². The van der Waals surface area contributed by atoms with Gasteiger partial charge in [0.2, 0.25) is 0 Å². The van der Waals surface area contributed by atoms with Crippen molar-refractivity contribution in [2.24, 2.45) is 22.4 Å². The molecule has 0 aliphatic heterocycles. The van der Waals surface area contributed by atoms with Crippen molar-refractivity contribution in [3.05, 3.63) is 53.9 Å². The molecule has 8 nitrogen and oxygen atoms in total. The van der Waals surface area contributed by atoms with Crippen LogP contribution < -0.4 is 17.3 Å². The Morgan fingerprint density at radius 2 is 2.13 bits per heavy atom. The third-order valence-corrected chi connectivity index (χ3v) is 3.56. The van der Waals surface area contributed by atoms with Gasteiger partial charge in [0.05, 0.1) is 18.0 Å². The lowest BCUT2D eigenvalue weighted by Gasteiger charge is -2.08. The number of nitrogens with zero attached hydrogens (tertiary/aromatic N) is 4. The topological polar surface area (TPSA) is 141 Å². The third-order valence-electron chi connectivity index (χ3n) is 3.56. The number of rotatable bonds is 4. The Labute approximate surface area is 132 Å². The zero-order valence-corrected chi connectivity index (χ0v) is 12.3. The average molecular weight is 311 g/mol. The Balaban J connectivity index is 2.07. The van der Waals surface area contributed by atoms with Crippen molar-refractivity contribution in [1.29, 1.82) is 0 Å². The number of aromatic nitrogens is 3. The van der Waals surface area contributed by atoms with E-state index in [1.165, 1.54) is 0 Å². The van der Waals surface area contributed by atoms with E-state index < -0.39 is 6.10 Å². The van der Waals surface area contributed by atoms with Crippen molar-refractivity contribution < 1.29 is 5.11 Å². The molecule has 3 rings (SSSR count). The van der Waals surface area contributed by atoms with Crippen molar-refractivity contribution in [2.75, 3.05) is 6.54 Å². The molecule has 2 aromatic heterocycles. The van der Waals surface area contributed by atoms with E-state index in [1.54, 1.807) is 17.1 Å². The zero-order chi connectivity index (χ0) is 16.4. The van der Waals surface area contributed by atoms with E-state index in [9.17, 15) is 5.11 Å². The molecule has 0 saturated carbocycles. The summed E-state index contributed by atoms with van der Waals surface area (Å²) in [6.07, 6.45) is 2.54. The summed E-state index contributed by atoms with van der Waals surface area (Å²) in [4.78, 5) is 4.38. The van der Waals surface area contributed by atoms with Crippen LogP contribution in [0.5, 0.6) is 0 Å². The monoisotopic (exact) mass is 311 g/mol. The van der Waals surface area contributed by atoms with Crippen LogP contribution in [0.25, 0.3) is 16.7 Å². The largest absolute Gasteiger partial charge is 0.387 e. The number of hydrogen-bond acceptors (Lipinski definition) is 6. The van der Waals surface area contributed by atoms with E-state index in [2.05, 4.69) is 15.2 Å². The van der Waals surface area contributed by atoms with Crippen LogP contribution in [-0.2, 0) is 0 Å². The Morgan fingerprint density at radius 1 is 1.30 bits per heavy atom. The average Bonchev–Trinajstić information content (AvgIpc) is 3.03. The SMILES string of the molecule is NCC(O)c1cnc2c(cnn2-c2cccc(/C(N)=N/N)c2)c1. The smallest absolute Gasteiger partial charge is 0.162 e. The molecule has 3 aromatic rings. The van der Waals surface area contributed by atoms with Gasteiger partial charge in [0.15, 0.2) is 5.65 Å². The van der Waals surface area contributed by atoms with E-state index in [-0.39, 0.29) is 12.4 Å². The minimum atomic E-state index is -0.737. The first kappa shape index (κ1) is 14.9. The van der Waals surface area contributed by atoms with Gasteiger partial charge in [-0.25, -0.2) is 9.67 Å². The molecule has 0 aliphatic carbocycles. The van der Waals surface area contributed by atoms with Crippen LogP contribution in [0.2, 0.25) is 0 Å². The molecule has 0 amide bonds. The number of hydrogen-bond donors (Lipinski definition) is 4. The molecule has 0 bridgehead atoms. The lowest BCUT2D eigenvalue weighted by molar-refractivity contribution is 0.186. The summed E-state index contributed by atoms with van der Waals surface area (Å²) in [5, 5.41) is 18.5. The first-order valence-electron chi connectivity index (χ1n) is 7.00. The standard InChI is InChI=1S/C15H17N7O/c16-6-13(23)10-4-11-8-20-22(15(11)19-7-10)12-3-1-2-9(5-12)14(17)21-18/h1-5,7-8,13,23H,6,16,18H2,(H2,17,21). The number of aliphatic hydroxyl groups is 1. The molecule has 0 radical (unpaired) electrons. The Bertz CT molecular complexity index is 871. The molecule has 23 heavy (non-hydrogen) atoms. The van der Waals surface area contributed by atoms with Gasteiger partial charge in [-0.3, -0.25) is 0 Å². The summed E-state index contributed by atoms with van der Waals surface area (Å²) in [6.45, 7) is 0.140. The van der Waals surface area contributed by atoms with Gasteiger partial charge in [-0.05, 0) is 18.2 Å². The summed E-state index contributed by atoms with van der Waals surface area (Å²) < 4.78 is 1.68. The second-order valence-electron chi connectivity index (χ2n) is 5.05. The van der Waals surface area contributed by atoms with Gasteiger partial charge in [0.1, 0.15) is 5.84 Å². The molecule has 0 fully saturated rings. The number of benzene rings is 1. The van der Waals surface area contributed by atoms with Crippen LogP contribution in [-0.4, -0.2) is 32.3 Å². The molecule has 7 N–H and O–H groups in total. The van der Waals surface area contributed by atoms with Crippen LogP contribution in [0.3, 0.4) is 0 Å². The quantitative estimate of drug-likeness (QED) is 0.231. The van der Waals surface area contributed by atoms with Crippen LogP contribution >= 0.6 is 0 Å². The Hall–Kier alpha value is -2.97. The highest BCUT2D eigenvalue weighted by atomic mass is 16.3. The van der Waals surface area contributed by atoms with Gasteiger partial charge >= 0.3 is 0 Å². The van der Waals surface area contributed by atoms with Gasteiger partial charge < -0.3 is 22.4 Å². The van der Waals surface area contributed by atoms with Crippen molar-refractivity contribution in [3.63, 3.8) is 0 Å². The summed E-state index contributed by atoms with van der Waals surface area (Å²) in [5.74, 6) is 5.46. The van der Waals surface area contributed by atoms with Gasteiger partial charge in [-0.2, -0.15) is 10.2 Å². The number of aliphatic hydroxyl groups excluding tert-OH is 1. The molecule has 118 valence electrons. The lowest BCUT2D eigenvalue weighted by Crippen LogP contribution is -2.15. The predicted octanol–water partition coefficient (Wildman–Crippen LogP) is -0.00840. The number of amidine groups is 1. The van der Waals surface area contributed by atoms with Crippen molar-refractivity contribution in [1.82, 2.24) is 14.8 Å². The van der Waals surface area contributed by atoms with Gasteiger partial charge in [-0.15, -0.1) is 0 Å². The van der Waals surface area contributed by atoms with E-state index >= 15 is 0 Å². The highest BCUT2D eigenvalue weighted by molar-refractivity contribution is 5.97. The minimum absolute atomic E-state index is 0.140. The highest BCUT2D eigenvalue weighted by Crippen LogP contribution is 2.20. The molecule has 1 unspecified atom stereocenters. The molecule has 0 aliphatic rings. The van der Waals surface area contributed by atoms with Crippen molar-refractivity contribution in [2.45, 2.75) is 6.10 Å². The fourth-order valence-electron chi connectivity index (χ4n) is 2.32. The fraction of sp³-hybridized carbons (Fsp3) is 0.133. The van der Waals surface area contributed by atoms with Crippen molar-refractivity contribution >= 4 is 16.9 Å². The van der Waals surface area contributed by atoms with E-state index in [1.807, 2.05) is 30.3 Å². The molecule has 2 heterocycles. The Kier molecular flexibility index (Phi) is 3.92. The number of fused-ring (bicyclic) bond motifs is 1. The van der Waals surface area contributed by atoms with E-state index in [0.717, 1.165) is 11.1 Å². The lowest BCUT2D eigenvalue weighted by atomic mass is 10.1. The van der Waals surface area contributed by atoms with Crippen molar-refractivity contribution in [3.8, 4) is 5.69 Å². The van der Waals surface area contributed by atoms with Crippen LogP contribution in [0.15, 0.2) is 47.8 Å². The maximum Gasteiger partial charge on any atom is 0.162 e. The molecule has 0 saturated heterocycles. The first-order chi connectivity index (χ1) is 11.1. The molecule has 1 atom stereocenters. The first-order valence-corrected chi connectivity index (χ1v) is 7.00. The number of pyridine rings is 1. The summed E-state index contributed by atoms with van der Waals surface area (Å²) >= 11 is 0. The summed E-state index contributed by atoms with van der Waals surface area (Å²) in [6, 6.07) is 9.17. The van der Waals surface area contributed by atoms with Crippen LogP contribution in [0.4, 0.5) is 0 Å². The van der Waals surface area contributed by atoms with Gasteiger partial charge in [0.25, 0.3) is 0 Å². The van der Waals surface area contributed by atoms with Gasteiger partial charge in [-0.1, -0.05) is 12.1 Å². The molecular weight excluding hydrogens is 294 g/mol. The Morgan fingerprint density at radius 3 is 2.87 bits per heavy atom. The van der Waals surface area contributed by atoms with Crippen LogP contribution in [0.1, 0.15) is 17.2 Å². The van der Waals surface area contributed by atoms with Gasteiger partial charge in [0, 0.05) is 29.3 Å². The normalized spacial score (nSPS) is 13.4. The minimum Gasteiger partial charge on any atom is -0.387 e. The molecule has 8 heteroatoms. The fourth-order valence-corrected chi connectivity index (χ4v) is 2.32. The highest BCUT2D eigenvalue weighted by Gasteiger charge is 2.11. The zero-order valence-electron chi connectivity index (χ0n) is 12.3. The second kappa shape index (κ2) is 6.03. The molecular formula is C15H17N7O. The molecule has 0 spiro atoms. The maximum absolute atomic E-state index is 9.81. The predicted molar refractivity (Wildman–Crippen MR) is 87.8 cm³/mol. The maximum atomic E-state index is 9.81. The molecule has 1 aromatic carbocycles. The number of hydrazone groups is 1. The van der Waals surface area contributed by atoms with E-state index in [0.29, 0.717) is 16.8 Å². The summed E-state index contributed by atoms with van der Waals surface area (Å²) in [7, 11) is 0.